The van der Waals surface area contributed by atoms with Crippen molar-refractivity contribution in [3.8, 4) is 5.88 Å². The molecule has 0 aliphatic rings. The van der Waals surface area contributed by atoms with Gasteiger partial charge in [0, 0.05) is 6.07 Å². The van der Waals surface area contributed by atoms with Gasteiger partial charge in [0.1, 0.15) is 0 Å². The quantitative estimate of drug-likeness (QED) is 0.723. The van der Waals surface area contributed by atoms with E-state index in [1.165, 1.54) is 19.3 Å². The predicted molar refractivity (Wildman–Crippen MR) is 67.4 cm³/mol. The van der Waals surface area contributed by atoms with Gasteiger partial charge in [0.05, 0.1) is 6.61 Å². The van der Waals surface area contributed by atoms with Crippen molar-refractivity contribution in [2.45, 2.75) is 45.4 Å². The van der Waals surface area contributed by atoms with Gasteiger partial charge in [-0.25, -0.2) is 8.78 Å². The Hall–Kier alpha value is -1.39. The van der Waals surface area contributed by atoms with E-state index in [1.54, 1.807) is 0 Å². The molecule has 0 radical (unpaired) electrons. The number of nitrogens with zero attached hydrogens (tertiary/aromatic N) is 1. The Bertz CT molecular complexity index is 372. The minimum atomic E-state index is -0.862. The van der Waals surface area contributed by atoms with Crippen molar-refractivity contribution in [2.24, 2.45) is 0 Å². The van der Waals surface area contributed by atoms with Gasteiger partial charge in [0.15, 0.2) is 17.5 Å². The molecule has 0 amide bonds. The standard InChI is InChI=1S/C13H20F2N2O/c1-2-3-4-5-6-7-8-18-13-11(15)9-10(14)12(16)17-13/h9H,2-8H2,1H3,(H2,16,17). The van der Waals surface area contributed by atoms with Crippen molar-refractivity contribution in [3.05, 3.63) is 17.7 Å². The van der Waals surface area contributed by atoms with Crippen LogP contribution in [0, 0.1) is 11.6 Å². The summed E-state index contributed by atoms with van der Waals surface area (Å²) in [4.78, 5) is 3.53. The van der Waals surface area contributed by atoms with E-state index in [1.807, 2.05) is 0 Å². The number of nitrogens with two attached hydrogens (primary N) is 1. The molecule has 0 aliphatic carbocycles. The third-order valence-electron chi connectivity index (χ3n) is 2.66. The lowest BCUT2D eigenvalue weighted by atomic mass is 10.1. The van der Waals surface area contributed by atoms with Gasteiger partial charge in [-0.3, -0.25) is 0 Å². The monoisotopic (exact) mass is 258 g/mol. The van der Waals surface area contributed by atoms with Crippen LogP contribution in [-0.2, 0) is 0 Å². The highest BCUT2D eigenvalue weighted by Crippen LogP contribution is 2.19. The maximum absolute atomic E-state index is 13.2. The van der Waals surface area contributed by atoms with E-state index in [9.17, 15) is 8.78 Å². The second kappa shape index (κ2) is 7.84. The van der Waals surface area contributed by atoms with Crippen molar-refractivity contribution in [3.63, 3.8) is 0 Å². The Morgan fingerprint density at radius 3 is 2.50 bits per heavy atom. The molecule has 0 fully saturated rings. The number of aromatic nitrogens is 1. The first-order chi connectivity index (χ1) is 8.65. The number of anilines is 1. The number of rotatable bonds is 8. The van der Waals surface area contributed by atoms with E-state index in [0.717, 1.165) is 19.3 Å². The van der Waals surface area contributed by atoms with Crippen molar-refractivity contribution >= 4 is 5.82 Å². The van der Waals surface area contributed by atoms with Crippen molar-refractivity contribution < 1.29 is 13.5 Å². The molecular weight excluding hydrogens is 238 g/mol. The van der Waals surface area contributed by atoms with Crippen LogP contribution in [0.15, 0.2) is 6.07 Å². The molecule has 0 unspecified atom stereocenters. The van der Waals surface area contributed by atoms with E-state index in [2.05, 4.69) is 11.9 Å². The third kappa shape index (κ3) is 4.85. The van der Waals surface area contributed by atoms with E-state index in [4.69, 9.17) is 10.5 Å². The number of pyridine rings is 1. The van der Waals surface area contributed by atoms with E-state index >= 15 is 0 Å². The zero-order chi connectivity index (χ0) is 13.4. The molecule has 0 saturated carbocycles. The Kier molecular flexibility index (Phi) is 6.39. The Balaban J connectivity index is 2.25. The number of unbranched alkanes of at least 4 members (excludes halogenated alkanes) is 5. The van der Waals surface area contributed by atoms with E-state index in [0.29, 0.717) is 12.7 Å². The van der Waals surface area contributed by atoms with Crippen LogP contribution < -0.4 is 10.5 Å². The van der Waals surface area contributed by atoms with Crippen molar-refractivity contribution in [1.29, 1.82) is 0 Å². The van der Waals surface area contributed by atoms with Crippen LogP contribution >= 0.6 is 0 Å². The topological polar surface area (TPSA) is 48.1 Å². The van der Waals surface area contributed by atoms with Gasteiger partial charge in [-0.2, -0.15) is 4.98 Å². The third-order valence-corrected chi connectivity index (χ3v) is 2.66. The lowest BCUT2D eigenvalue weighted by Gasteiger charge is -2.07. The lowest BCUT2D eigenvalue weighted by molar-refractivity contribution is 0.277. The molecule has 2 N–H and O–H groups in total. The molecule has 1 rings (SSSR count). The zero-order valence-electron chi connectivity index (χ0n) is 10.7. The van der Waals surface area contributed by atoms with Crippen LogP contribution in [0.5, 0.6) is 5.88 Å². The number of nitrogen functional groups attached to an aromatic ring is 1. The van der Waals surface area contributed by atoms with Crippen LogP contribution in [0.2, 0.25) is 0 Å². The average Bonchev–Trinajstić information content (AvgIpc) is 2.34. The summed E-state index contributed by atoms with van der Waals surface area (Å²) in [5, 5.41) is 0. The first-order valence-corrected chi connectivity index (χ1v) is 6.39. The summed E-state index contributed by atoms with van der Waals surface area (Å²) in [5.74, 6) is -2.23. The molecule has 1 aromatic rings. The summed E-state index contributed by atoms with van der Waals surface area (Å²) in [6, 6.07) is 0.693. The first kappa shape index (κ1) is 14.7. The molecule has 0 aliphatic heterocycles. The number of hydrogen-bond donors (Lipinski definition) is 1. The lowest BCUT2D eigenvalue weighted by Crippen LogP contribution is -2.05. The summed E-state index contributed by atoms with van der Waals surface area (Å²) in [5.41, 5.74) is 5.24. The van der Waals surface area contributed by atoms with Gasteiger partial charge in [-0.05, 0) is 6.42 Å². The number of ether oxygens (including phenoxy) is 1. The van der Waals surface area contributed by atoms with E-state index in [-0.39, 0.29) is 11.7 Å². The average molecular weight is 258 g/mol. The van der Waals surface area contributed by atoms with Crippen LogP contribution in [0.4, 0.5) is 14.6 Å². The number of halogens is 2. The Labute approximate surface area is 106 Å². The van der Waals surface area contributed by atoms with Crippen LogP contribution in [-0.4, -0.2) is 11.6 Å². The minimum Gasteiger partial charge on any atom is -0.476 e. The molecule has 1 heterocycles. The number of hydrogen-bond acceptors (Lipinski definition) is 3. The smallest absolute Gasteiger partial charge is 0.252 e. The molecule has 0 atom stereocenters. The maximum atomic E-state index is 13.2. The molecule has 0 spiro atoms. The van der Waals surface area contributed by atoms with Crippen LogP contribution in [0.25, 0.3) is 0 Å². The summed E-state index contributed by atoms with van der Waals surface area (Å²) >= 11 is 0. The minimum absolute atomic E-state index is 0.220. The normalized spacial score (nSPS) is 10.6. The van der Waals surface area contributed by atoms with Gasteiger partial charge in [0.2, 0.25) is 0 Å². The van der Waals surface area contributed by atoms with Gasteiger partial charge in [-0.15, -0.1) is 0 Å². The van der Waals surface area contributed by atoms with Crippen LogP contribution in [0.3, 0.4) is 0 Å². The highest BCUT2D eigenvalue weighted by Gasteiger charge is 2.10. The summed E-state index contributed by atoms with van der Waals surface area (Å²) < 4.78 is 31.2. The Morgan fingerprint density at radius 1 is 1.11 bits per heavy atom. The molecule has 3 nitrogen and oxygen atoms in total. The predicted octanol–water partition coefficient (Wildman–Crippen LogP) is 3.68. The van der Waals surface area contributed by atoms with E-state index < -0.39 is 11.6 Å². The van der Waals surface area contributed by atoms with Crippen molar-refractivity contribution in [1.82, 2.24) is 4.98 Å². The Morgan fingerprint density at radius 2 is 1.78 bits per heavy atom. The second-order valence-electron chi connectivity index (χ2n) is 4.26. The largest absolute Gasteiger partial charge is 0.476 e. The molecule has 18 heavy (non-hydrogen) atoms. The summed E-state index contributed by atoms with van der Waals surface area (Å²) in [7, 11) is 0. The summed E-state index contributed by atoms with van der Waals surface area (Å²) in [6.45, 7) is 2.54. The fourth-order valence-corrected chi connectivity index (χ4v) is 1.62. The highest BCUT2D eigenvalue weighted by molar-refractivity contribution is 5.34. The maximum Gasteiger partial charge on any atom is 0.252 e. The van der Waals surface area contributed by atoms with Crippen LogP contribution in [0.1, 0.15) is 45.4 Å². The second-order valence-corrected chi connectivity index (χ2v) is 4.26. The molecule has 102 valence electrons. The molecule has 1 aromatic heterocycles. The first-order valence-electron chi connectivity index (χ1n) is 6.39. The van der Waals surface area contributed by atoms with Gasteiger partial charge < -0.3 is 10.5 Å². The zero-order valence-corrected chi connectivity index (χ0v) is 10.7. The molecule has 5 heteroatoms. The molecular formula is C13H20F2N2O. The van der Waals surface area contributed by atoms with Crippen molar-refractivity contribution in [2.75, 3.05) is 12.3 Å². The summed E-state index contributed by atoms with van der Waals surface area (Å²) in [6.07, 6.45) is 6.69. The van der Waals surface area contributed by atoms with Gasteiger partial charge in [-0.1, -0.05) is 39.0 Å². The highest BCUT2D eigenvalue weighted by atomic mass is 19.1. The SMILES string of the molecule is CCCCCCCCOc1nc(N)c(F)cc1F. The van der Waals surface area contributed by atoms with Gasteiger partial charge >= 0.3 is 0 Å². The van der Waals surface area contributed by atoms with Gasteiger partial charge in [0.25, 0.3) is 5.88 Å². The molecule has 0 aromatic carbocycles. The fraction of sp³-hybridized carbons (Fsp3) is 0.615. The fourth-order valence-electron chi connectivity index (χ4n) is 1.62. The molecule has 0 saturated heterocycles. The molecule has 0 bridgehead atoms.